The second-order valence-corrected chi connectivity index (χ2v) is 4.66. The van der Waals surface area contributed by atoms with E-state index in [0.717, 1.165) is 11.3 Å². The molecule has 0 bridgehead atoms. The van der Waals surface area contributed by atoms with Crippen LogP contribution in [0.1, 0.15) is 5.56 Å². The number of hydrogen-bond acceptors (Lipinski definition) is 2. The van der Waals surface area contributed by atoms with E-state index in [9.17, 15) is 4.39 Å². The van der Waals surface area contributed by atoms with E-state index < -0.39 is 5.82 Å². The summed E-state index contributed by atoms with van der Waals surface area (Å²) < 4.78 is 13.0. The Bertz CT molecular complexity index is 573. The topological polar surface area (TPSA) is 38.0 Å². The van der Waals surface area contributed by atoms with Crippen LogP contribution in [0.2, 0.25) is 10.0 Å². The molecule has 0 fully saturated rings. The Morgan fingerprint density at radius 1 is 1.06 bits per heavy atom. The van der Waals surface area contributed by atoms with Crippen LogP contribution in [0.4, 0.5) is 15.8 Å². The minimum atomic E-state index is -0.425. The zero-order valence-corrected chi connectivity index (χ0v) is 10.9. The van der Waals surface area contributed by atoms with Crippen molar-refractivity contribution in [3.63, 3.8) is 0 Å². The molecule has 0 atom stereocenters. The molecule has 0 amide bonds. The number of halogens is 3. The summed E-state index contributed by atoms with van der Waals surface area (Å²) in [6.07, 6.45) is 0. The van der Waals surface area contributed by atoms with E-state index >= 15 is 0 Å². The van der Waals surface area contributed by atoms with Gasteiger partial charge in [0, 0.05) is 12.2 Å². The molecule has 0 spiro atoms. The first-order valence-corrected chi connectivity index (χ1v) is 6.04. The summed E-state index contributed by atoms with van der Waals surface area (Å²) in [7, 11) is 0. The third kappa shape index (κ3) is 3.06. The van der Waals surface area contributed by atoms with Crippen molar-refractivity contribution < 1.29 is 4.39 Å². The second kappa shape index (κ2) is 5.46. The van der Waals surface area contributed by atoms with Crippen LogP contribution < -0.4 is 11.1 Å². The number of nitrogens with one attached hydrogen (secondary N) is 1. The van der Waals surface area contributed by atoms with Crippen molar-refractivity contribution in [2.75, 3.05) is 11.1 Å². The number of rotatable bonds is 3. The Morgan fingerprint density at radius 2 is 1.83 bits per heavy atom. The van der Waals surface area contributed by atoms with Gasteiger partial charge in [0.1, 0.15) is 5.82 Å². The first kappa shape index (κ1) is 13.0. The number of benzene rings is 2. The first-order chi connectivity index (χ1) is 8.56. The maximum Gasteiger partial charge on any atom is 0.141 e. The van der Waals surface area contributed by atoms with Crippen molar-refractivity contribution >= 4 is 34.6 Å². The van der Waals surface area contributed by atoms with Gasteiger partial charge in [-0.2, -0.15) is 0 Å². The Balaban J connectivity index is 2.09. The van der Waals surface area contributed by atoms with Gasteiger partial charge in [0.2, 0.25) is 0 Å². The quantitative estimate of drug-likeness (QED) is 0.824. The molecular weight excluding hydrogens is 274 g/mol. The Morgan fingerprint density at radius 3 is 2.50 bits per heavy atom. The minimum Gasteiger partial charge on any atom is -0.399 e. The lowest BCUT2D eigenvalue weighted by atomic mass is 10.2. The predicted octanol–water partition coefficient (Wildman–Crippen LogP) is 4.33. The summed E-state index contributed by atoms with van der Waals surface area (Å²) in [5, 5.41) is 3.79. The smallest absolute Gasteiger partial charge is 0.141 e. The highest BCUT2D eigenvalue weighted by atomic mass is 35.5. The van der Waals surface area contributed by atoms with Crippen LogP contribution in [0.25, 0.3) is 0 Å². The molecule has 0 saturated heterocycles. The van der Waals surface area contributed by atoms with Gasteiger partial charge >= 0.3 is 0 Å². The first-order valence-electron chi connectivity index (χ1n) is 5.29. The monoisotopic (exact) mass is 284 g/mol. The van der Waals surface area contributed by atoms with Gasteiger partial charge in [-0.3, -0.25) is 0 Å². The molecule has 94 valence electrons. The van der Waals surface area contributed by atoms with E-state index in [1.54, 1.807) is 30.3 Å². The molecule has 0 aliphatic heterocycles. The molecule has 0 radical (unpaired) electrons. The highest BCUT2D eigenvalue weighted by Gasteiger charge is 2.03. The van der Waals surface area contributed by atoms with Crippen molar-refractivity contribution in [3.8, 4) is 0 Å². The molecule has 0 saturated carbocycles. The van der Waals surface area contributed by atoms with Crippen LogP contribution in [0.5, 0.6) is 0 Å². The van der Waals surface area contributed by atoms with Crippen LogP contribution in [-0.4, -0.2) is 0 Å². The maximum absolute atomic E-state index is 13.0. The van der Waals surface area contributed by atoms with Gasteiger partial charge in [0.05, 0.1) is 15.7 Å². The van der Waals surface area contributed by atoms with E-state index in [4.69, 9.17) is 28.9 Å². The lowest BCUT2D eigenvalue weighted by Gasteiger charge is -2.09. The summed E-state index contributed by atoms with van der Waals surface area (Å²) in [5.74, 6) is -0.425. The summed E-state index contributed by atoms with van der Waals surface area (Å²) in [6, 6.07) is 9.80. The molecule has 2 nitrogen and oxygen atoms in total. The van der Waals surface area contributed by atoms with Crippen LogP contribution in [0.15, 0.2) is 36.4 Å². The van der Waals surface area contributed by atoms with Gasteiger partial charge in [0.15, 0.2) is 0 Å². The molecule has 2 rings (SSSR count). The van der Waals surface area contributed by atoms with E-state index in [0.29, 0.717) is 17.3 Å². The summed E-state index contributed by atoms with van der Waals surface area (Å²) in [6.45, 7) is 0.504. The normalized spacial score (nSPS) is 10.4. The second-order valence-electron chi connectivity index (χ2n) is 3.84. The van der Waals surface area contributed by atoms with Crippen molar-refractivity contribution in [3.05, 3.63) is 57.8 Å². The lowest BCUT2D eigenvalue weighted by Crippen LogP contribution is -2.00. The Labute approximate surface area is 115 Å². The lowest BCUT2D eigenvalue weighted by molar-refractivity contribution is 0.627. The molecule has 0 heterocycles. The van der Waals surface area contributed by atoms with Gasteiger partial charge in [-0.25, -0.2) is 4.39 Å². The molecule has 2 aromatic rings. The van der Waals surface area contributed by atoms with Gasteiger partial charge in [0.25, 0.3) is 0 Å². The van der Waals surface area contributed by atoms with Crippen LogP contribution in [0.3, 0.4) is 0 Å². The van der Waals surface area contributed by atoms with Gasteiger partial charge in [-0.15, -0.1) is 0 Å². The van der Waals surface area contributed by atoms with E-state index in [2.05, 4.69) is 5.32 Å². The fourth-order valence-corrected chi connectivity index (χ4v) is 1.98. The Kier molecular flexibility index (Phi) is 3.94. The van der Waals surface area contributed by atoms with Crippen LogP contribution >= 0.6 is 23.2 Å². The van der Waals surface area contributed by atoms with Gasteiger partial charge in [-0.1, -0.05) is 29.3 Å². The number of nitrogen functional groups attached to an aromatic ring is 1. The average molecular weight is 285 g/mol. The van der Waals surface area contributed by atoms with E-state index in [-0.39, 0.29) is 5.02 Å². The highest BCUT2D eigenvalue weighted by Crippen LogP contribution is 2.25. The number of anilines is 2. The van der Waals surface area contributed by atoms with Crippen LogP contribution in [0, 0.1) is 5.82 Å². The molecule has 0 aliphatic carbocycles. The molecule has 5 heteroatoms. The standard InChI is InChI=1S/C13H11Cl2FN2/c14-10-5-8(1-3-12(10)16)7-18-13-4-2-9(17)6-11(13)15/h1-6,18H,7,17H2. The maximum atomic E-state index is 13.0. The minimum absolute atomic E-state index is 0.109. The molecule has 0 aliphatic rings. The molecule has 0 aromatic heterocycles. The summed E-state index contributed by atoms with van der Waals surface area (Å²) in [5.41, 5.74) is 7.85. The number of hydrogen-bond donors (Lipinski definition) is 2. The molecule has 18 heavy (non-hydrogen) atoms. The SMILES string of the molecule is Nc1ccc(NCc2ccc(F)c(Cl)c2)c(Cl)c1. The summed E-state index contributed by atoms with van der Waals surface area (Å²) in [4.78, 5) is 0. The zero-order valence-electron chi connectivity index (χ0n) is 9.38. The summed E-state index contributed by atoms with van der Waals surface area (Å²) >= 11 is 11.7. The molecule has 3 N–H and O–H groups in total. The molecule has 2 aromatic carbocycles. The third-order valence-corrected chi connectivity index (χ3v) is 3.06. The Hall–Kier alpha value is -1.45. The molecular formula is C13H11Cl2FN2. The predicted molar refractivity (Wildman–Crippen MR) is 74.6 cm³/mol. The molecule has 0 unspecified atom stereocenters. The van der Waals surface area contributed by atoms with Crippen molar-refractivity contribution in [2.45, 2.75) is 6.54 Å². The van der Waals surface area contributed by atoms with Gasteiger partial charge < -0.3 is 11.1 Å². The van der Waals surface area contributed by atoms with Crippen molar-refractivity contribution in [2.24, 2.45) is 0 Å². The zero-order chi connectivity index (χ0) is 13.1. The highest BCUT2D eigenvalue weighted by molar-refractivity contribution is 6.33. The van der Waals surface area contributed by atoms with Crippen molar-refractivity contribution in [1.82, 2.24) is 0 Å². The largest absolute Gasteiger partial charge is 0.399 e. The van der Waals surface area contributed by atoms with E-state index in [1.807, 2.05) is 0 Å². The fourth-order valence-electron chi connectivity index (χ4n) is 1.52. The number of nitrogens with two attached hydrogens (primary N) is 1. The van der Waals surface area contributed by atoms with E-state index in [1.165, 1.54) is 6.07 Å². The third-order valence-electron chi connectivity index (χ3n) is 2.46. The van der Waals surface area contributed by atoms with Crippen LogP contribution in [-0.2, 0) is 6.54 Å². The van der Waals surface area contributed by atoms with Gasteiger partial charge in [-0.05, 0) is 35.9 Å². The fraction of sp³-hybridized carbons (Fsp3) is 0.0769. The average Bonchev–Trinajstić information content (AvgIpc) is 2.32. The van der Waals surface area contributed by atoms with Crippen molar-refractivity contribution in [1.29, 1.82) is 0 Å².